The number of hydrogen-bond acceptors (Lipinski definition) is 1. The maximum absolute atomic E-state index is 8.12. The summed E-state index contributed by atoms with van der Waals surface area (Å²) in [5.74, 6) is 0.653. The third kappa shape index (κ3) is 17.7. The fraction of sp³-hybridized carbons (Fsp3) is 0.500. The van der Waals surface area contributed by atoms with Crippen LogP contribution in [0.1, 0.15) is 30.9 Å². The van der Waals surface area contributed by atoms with Gasteiger partial charge in [-0.3, -0.25) is 0 Å². The molecule has 0 unspecified atom stereocenters. The first-order valence-electron chi connectivity index (χ1n) is 4.86. The van der Waals surface area contributed by atoms with Gasteiger partial charge in [-0.15, -0.1) is 48.0 Å². The van der Waals surface area contributed by atoms with Crippen LogP contribution in [0.5, 0.6) is 0 Å². The second-order valence-corrected chi connectivity index (χ2v) is 5.61. The molecule has 0 saturated heterocycles. The van der Waals surface area contributed by atoms with Gasteiger partial charge in [0.15, 0.2) is 0 Å². The van der Waals surface area contributed by atoms with Crippen LogP contribution in [0.15, 0.2) is 24.3 Å². The summed E-state index contributed by atoms with van der Waals surface area (Å²) in [5, 5.41) is 0. The number of rotatable bonds is 1. The Labute approximate surface area is 154 Å². The van der Waals surface area contributed by atoms with Crippen LogP contribution in [0.2, 0.25) is 0 Å². The van der Waals surface area contributed by atoms with Gasteiger partial charge >= 0.3 is 0 Å². The van der Waals surface area contributed by atoms with Gasteiger partial charge in [0.25, 0.3) is 0 Å². The van der Waals surface area contributed by atoms with Gasteiger partial charge in [0, 0.05) is 27.6 Å². The molecular weight excluding hydrogens is 546 g/mol. The summed E-state index contributed by atoms with van der Waals surface area (Å²) in [6.07, 6.45) is 0. The van der Waals surface area contributed by atoms with E-state index >= 15 is 0 Å². The second kappa shape index (κ2) is 15.7. The standard InChI is InChI=1S/C10H14.C2H7OP.2HI.Ru/c1-8(2)10-6-4-9(3)5-7-10;1-4(2)3;;;/h4-8H,1-3H3;3H,1-2H3;2*1H;. The number of halogens is 2. The quantitative estimate of drug-likeness (QED) is 0.288. The topological polar surface area (TPSA) is 20.2 Å². The van der Waals surface area contributed by atoms with Gasteiger partial charge < -0.3 is 4.89 Å². The summed E-state index contributed by atoms with van der Waals surface area (Å²) in [5.41, 5.74) is 2.76. The van der Waals surface area contributed by atoms with Crippen molar-refractivity contribution in [2.75, 3.05) is 13.3 Å². The van der Waals surface area contributed by atoms with E-state index in [-0.39, 0.29) is 67.4 Å². The number of aryl methyl sites for hydroxylation is 1. The normalized spacial score (nSPS) is 8.24. The zero-order chi connectivity index (χ0) is 11.1. The molecule has 5 heteroatoms. The van der Waals surface area contributed by atoms with Gasteiger partial charge in [-0.1, -0.05) is 43.7 Å². The van der Waals surface area contributed by atoms with E-state index in [2.05, 4.69) is 45.0 Å². The molecule has 1 aromatic carbocycles. The Hall–Kier alpha value is 1.69. The second-order valence-electron chi connectivity index (χ2n) is 3.91. The van der Waals surface area contributed by atoms with Gasteiger partial charge in [-0.25, -0.2) is 0 Å². The molecule has 1 N–H and O–H groups in total. The van der Waals surface area contributed by atoms with Crippen LogP contribution in [0.3, 0.4) is 0 Å². The maximum Gasteiger partial charge on any atom is 0.0187 e. The molecule has 0 bridgehead atoms. The molecule has 0 atom stereocenters. The van der Waals surface area contributed by atoms with Gasteiger partial charge in [-0.2, -0.15) is 0 Å². The number of benzene rings is 1. The molecule has 1 rings (SSSR count). The molecule has 0 amide bonds. The van der Waals surface area contributed by atoms with Crippen molar-refractivity contribution in [1.82, 2.24) is 0 Å². The first-order valence-corrected chi connectivity index (χ1v) is 7.05. The van der Waals surface area contributed by atoms with E-state index in [1.807, 2.05) is 0 Å². The van der Waals surface area contributed by atoms with Crippen LogP contribution in [0, 0.1) is 6.92 Å². The van der Waals surface area contributed by atoms with Crippen molar-refractivity contribution in [3.05, 3.63) is 35.4 Å². The Morgan fingerprint density at radius 1 is 1.00 bits per heavy atom. The van der Waals surface area contributed by atoms with Crippen molar-refractivity contribution in [1.29, 1.82) is 0 Å². The maximum atomic E-state index is 8.12. The molecule has 17 heavy (non-hydrogen) atoms. The molecule has 0 aromatic heterocycles. The van der Waals surface area contributed by atoms with Crippen molar-refractivity contribution < 1.29 is 24.4 Å². The summed E-state index contributed by atoms with van der Waals surface area (Å²) in [4.78, 5) is 8.12. The van der Waals surface area contributed by atoms with E-state index in [1.165, 1.54) is 11.1 Å². The zero-order valence-corrected chi connectivity index (χ0v) is 18.2. The molecule has 0 aliphatic carbocycles. The van der Waals surface area contributed by atoms with Crippen LogP contribution < -0.4 is 0 Å². The summed E-state index contributed by atoms with van der Waals surface area (Å²) < 4.78 is 0. The number of hydrogen-bond donors (Lipinski definition) is 1. The van der Waals surface area contributed by atoms with Gasteiger partial charge in [0.2, 0.25) is 0 Å². The van der Waals surface area contributed by atoms with E-state index in [4.69, 9.17) is 4.89 Å². The van der Waals surface area contributed by atoms with E-state index in [0.717, 1.165) is 0 Å². The Bertz CT molecular complexity index is 250. The van der Waals surface area contributed by atoms with E-state index < -0.39 is 8.15 Å². The molecule has 0 radical (unpaired) electrons. The minimum atomic E-state index is -0.620. The SMILES string of the molecule is CP(C)O.Cc1ccc(C(C)C)cc1.I.I.[Ru]. The third-order valence-corrected chi connectivity index (χ3v) is 1.74. The van der Waals surface area contributed by atoms with Crippen LogP contribution >= 0.6 is 56.1 Å². The van der Waals surface area contributed by atoms with Gasteiger partial charge in [0.05, 0.1) is 0 Å². The molecule has 0 heterocycles. The molecule has 1 aromatic rings. The van der Waals surface area contributed by atoms with Crippen molar-refractivity contribution in [3.63, 3.8) is 0 Å². The Morgan fingerprint density at radius 2 is 1.29 bits per heavy atom. The van der Waals surface area contributed by atoms with Crippen molar-refractivity contribution >= 4 is 56.1 Å². The molecule has 1 nitrogen and oxygen atoms in total. The Balaban J connectivity index is -0.000000108. The minimum Gasteiger partial charge on any atom is -0.374 e. The molecule has 0 saturated carbocycles. The molecule has 0 fully saturated rings. The monoisotopic (exact) mass is 570 g/mol. The third-order valence-electron chi connectivity index (χ3n) is 1.74. The molecule has 0 aliphatic rings. The van der Waals surface area contributed by atoms with Gasteiger partial charge in [0.1, 0.15) is 0 Å². The Kier molecular flexibility index (Phi) is 25.1. The van der Waals surface area contributed by atoms with Crippen molar-refractivity contribution in [2.24, 2.45) is 0 Å². The van der Waals surface area contributed by atoms with E-state index in [1.54, 1.807) is 13.3 Å². The molecular formula is C12H23I2OPRu. The predicted molar refractivity (Wildman–Crippen MR) is 97.1 cm³/mol. The largest absolute Gasteiger partial charge is 0.374 e. The summed E-state index contributed by atoms with van der Waals surface area (Å²) in [6, 6.07) is 8.71. The van der Waals surface area contributed by atoms with Crippen molar-refractivity contribution in [2.45, 2.75) is 26.7 Å². The average Bonchev–Trinajstić information content (AvgIpc) is 2.03. The zero-order valence-electron chi connectivity index (χ0n) is 11.0. The van der Waals surface area contributed by atoms with Crippen molar-refractivity contribution in [3.8, 4) is 0 Å². The molecule has 104 valence electrons. The fourth-order valence-corrected chi connectivity index (χ4v) is 0.951. The van der Waals surface area contributed by atoms with E-state index in [0.29, 0.717) is 5.92 Å². The van der Waals surface area contributed by atoms with Crippen LogP contribution in [-0.2, 0) is 19.5 Å². The fourth-order valence-electron chi connectivity index (χ4n) is 0.951. The first kappa shape index (κ1) is 27.1. The van der Waals surface area contributed by atoms with Gasteiger partial charge in [-0.05, 0) is 31.7 Å². The summed E-state index contributed by atoms with van der Waals surface area (Å²) >= 11 is 0. The van der Waals surface area contributed by atoms with Crippen LogP contribution in [0.4, 0.5) is 0 Å². The minimum absolute atomic E-state index is 0. The predicted octanol–water partition coefficient (Wildman–Crippen LogP) is 4.99. The summed E-state index contributed by atoms with van der Waals surface area (Å²) in [7, 11) is -0.620. The smallest absolute Gasteiger partial charge is 0.0187 e. The Morgan fingerprint density at radius 3 is 1.53 bits per heavy atom. The van der Waals surface area contributed by atoms with Crippen LogP contribution in [0.25, 0.3) is 0 Å². The summed E-state index contributed by atoms with van der Waals surface area (Å²) in [6.45, 7) is 10.1. The van der Waals surface area contributed by atoms with Crippen LogP contribution in [-0.4, -0.2) is 18.2 Å². The van der Waals surface area contributed by atoms with E-state index in [9.17, 15) is 0 Å². The average molecular weight is 569 g/mol. The first-order chi connectivity index (χ1) is 6.43. The molecule has 0 spiro atoms. The molecule has 0 aliphatic heterocycles.